The Morgan fingerprint density at radius 3 is 2.86 bits per heavy atom. The summed E-state index contributed by atoms with van der Waals surface area (Å²) in [5, 5.41) is 4.97. The number of hydrogen-bond donors (Lipinski definition) is 0. The first-order chi connectivity index (χ1) is 10.3. The van der Waals surface area contributed by atoms with E-state index < -0.39 is 0 Å². The predicted molar refractivity (Wildman–Crippen MR) is 82.3 cm³/mol. The Bertz CT molecular complexity index is 782. The van der Waals surface area contributed by atoms with Crippen LogP contribution < -0.4 is 0 Å². The highest BCUT2D eigenvalue weighted by Gasteiger charge is 2.22. The average molecular weight is 299 g/mol. The molecule has 3 heterocycles. The van der Waals surface area contributed by atoms with Crippen LogP contribution in [0.4, 0.5) is 0 Å². The monoisotopic (exact) mass is 298 g/mol. The van der Waals surface area contributed by atoms with Crippen LogP contribution >= 0.6 is 11.6 Å². The lowest BCUT2D eigenvalue weighted by molar-refractivity contribution is 0.241. The molecule has 1 aliphatic rings. The van der Waals surface area contributed by atoms with Crippen molar-refractivity contribution in [2.24, 2.45) is 0 Å². The van der Waals surface area contributed by atoms with Gasteiger partial charge in [-0.15, -0.1) is 0 Å². The van der Waals surface area contributed by atoms with E-state index >= 15 is 0 Å². The van der Waals surface area contributed by atoms with Crippen molar-refractivity contribution in [1.82, 2.24) is 19.5 Å². The van der Waals surface area contributed by atoms with Crippen LogP contribution in [0.5, 0.6) is 0 Å². The van der Waals surface area contributed by atoms with Crippen LogP contribution in [0.2, 0.25) is 5.15 Å². The Morgan fingerprint density at radius 1 is 1.14 bits per heavy atom. The number of benzene rings is 1. The Morgan fingerprint density at radius 2 is 2.00 bits per heavy atom. The number of hydrogen-bond acceptors (Lipinski definition) is 3. The summed E-state index contributed by atoms with van der Waals surface area (Å²) in [5.74, 6) is 0. The quantitative estimate of drug-likeness (QED) is 0.682. The van der Waals surface area contributed by atoms with E-state index in [4.69, 9.17) is 11.6 Å². The van der Waals surface area contributed by atoms with Crippen LogP contribution in [0.15, 0.2) is 42.6 Å². The molecule has 5 heteroatoms. The second kappa shape index (κ2) is 5.13. The Kier molecular flexibility index (Phi) is 3.13. The number of halogens is 1. The zero-order valence-electron chi connectivity index (χ0n) is 11.5. The van der Waals surface area contributed by atoms with E-state index in [9.17, 15) is 0 Å². The van der Waals surface area contributed by atoms with Crippen molar-refractivity contribution in [3.05, 3.63) is 64.6 Å². The van der Waals surface area contributed by atoms with Gasteiger partial charge in [0.1, 0.15) is 5.15 Å². The van der Waals surface area contributed by atoms with Gasteiger partial charge < -0.3 is 0 Å². The first kappa shape index (κ1) is 12.8. The summed E-state index contributed by atoms with van der Waals surface area (Å²) in [7, 11) is 0. The molecule has 0 saturated carbocycles. The Labute approximate surface area is 128 Å². The van der Waals surface area contributed by atoms with E-state index in [2.05, 4.69) is 39.2 Å². The average Bonchev–Trinajstić information content (AvgIpc) is 2.97. The summed E-state index contributed by atoms with van der Waals surface area (Å²) in [6.45, 7) is 2.77. The molecule has 3 aromatic rings. The van der Waals surface area contributed by atoms with Gasteiger partial charge in [0.2, 0.25) is 0 Å². The summed E-state index contributed by atoms with van der Waals surface area (Å²) in [6, 6.07) is 12.4. The topological polar surface area (TPSA) is 33.4 Å². The summed E-state index contributed by atoms with van der Waals surface area (Å²) in [4.78, 5) is 6.83. The molecule has 0 aliphatic carbocycles. The first-order valence-corrected chi connectivity index (χ1v) is 7.46. The van der Waals surface area contributed by atoms with Crippen molar-refractivity contribution < 1.29 is 0 Å². The van der Waals surface area contributed by atoms with Gasteiger partial charge in [-0.1, -0.05) is 41.9 Å². The van der Waals surface area contributed by atoms with E-state index in [0.717, 1.165) is 37.3 Å². The molecule has 0 atom stereocenters. The Balaban J connectivity index is 1.65. The minimum Gasteiger partial charge on any atom is -0.294 e. The molecule has 1 aliphatic heterocycles. The maximum absolute atomic E-state index is 6.37. The van der Waals surface area contributed by atoms with Gasteiger partial charge in [0.05, 0.1) is 11.9 Å². The molecule has 21 heavy (non-hydrogen) atoms. The highest BCUT2D eigenvalue weighted by atomic mass is 35.5. The van der Waals surface area contributed by atoms with Gasteiger partial charge in [0.25, 0.3) is 0 Å². The molecule has 0 unspecified atom stereocenters. The van der Waals surface area contributed by atoms with E-state index in [0.29, 0.717) is 5.15 Å². The van der Waals surface area contributed by atoms with Crippen LogP contribution in [0, 0.1) is 0 Å². The van der Waals surface area contributed by atoms with Crippen molar-refractivity contribution in [2.45, 2.75) is 19.5 Å². The molecule has 0 radical (unpaired) electrons. The van der Waals surface area contributed by atoms with Gasteiger partial charge in [-0.25, -0.2) is 9.50 Å². The first-order valence-electron chi connectivity index (χ1n) is 7.08. The van der Waals surface area contributed by atoms with Gasteiger partial charge in [-0.2, -0.15) is 5.10 Å². The lowest BCUT2D eigenvalue weighted by Crippen LogP contribution is -2.32. The highest BCUT2D eigenvalue weighted by molar-refractivity contribution is 6.30. The maximum Gasteiger partial charge on any atom is 0.156 e. The van der Waals surface area contributed by atoms with Crippen molar-refractivity contribution >= 4 is 17.2 Å². The SMILES string of the molecule is Clc1nc2ccnn2c2c1CN(Cc1ccccc1)CC2. The lowest BCUT2D eigenvalue weighted by Gasteiger charge is -2.29. The third-order valence-corrected chi connectivity index (χ3v) is 4.30. The molecule has 0 fully saturated rings. The number of fused-ring (bicyclic) bond motifs is 3. The Hall–Kier alpha value is -1.91. The summed E-state index contributed by atoms with van der Waals surface area (Å²) >= 11 is 6.37. The summed E-state index contributed by atoms with van der Waals surface area (Å²) in [6.07, 6.45) is 2.72. The van der Waals surface area contributed by atoms with Crippen LogP contribution in [-0.4, -0.2) is 26.0 Å². The minimum atomic E-state index is 0.607. The van der Waals surface area contributed by atoms with Crippen molar-refractivity contribution in [2.75, 3.05) is 6.54 Å². The molecular formula is C16H15ClN4. The molecule has 1 aromatic carbocycles. The zero-order chi connectivity index (χ0) is 14.2. The van der Waals surface area contributed by atoms with E-state index in [1.54, 1.807) is 6.20 Å². The van der Waals surface area contributed by atoms with Gasteiger partial charge >= 0.3 is 0 Å². The zero-order valence-corrected chi connectivity index (χ0v) is 12.3. The fraction of sp³-hybridized carbons (Fsp3) is 0.250. The number of rotatable bonds is 2. The molecule has 0 spiro atoms. The molecule has 0 bridgehead atoms. The normalized spacial score (nSPS) is 15.3. The van der Waals surface area contributed by atoms with Crippen LogP contribution in [0.3, 0.4) is 0 Å². The summed E-state index contributed by atoms with van der Waals surface area (Å²) < 4.78 is 1.92. The van der Waals surface area contributed by atoms with Crippen LogP contribution in [0.1, 0.15) is 16.8 Å². The molecule has 4 nitrogen and oxygen atoms in total. The fourth-order valence-electron chi connectivity index (χ4n) is 2.96. The predicted octanol–water partition coefficient (Wildman–Crippen LogP) is 2.94. The van der Waals surface area contributed by atoms with Crippen molar-refractivity contribution in [3.63, 3.8) is 0 Å². The molecule has 0 N–H and O–H groups in total. The largest absolute Gasteiger partial charge is 0.294 e. The van der Waals surface area contributed by atoms with Crippen LogP contribution in [-0.2, 0) is 19.5 Å². The number of nitrogens with zero attached hydrogens (tertiary/aromatic N) is 4. The third kappa shape index (κ3) is 2.30. The van der Waals surface area contributed by atoms with Gasteiger partial charge in [-0.3, -0.25) is 4.90 Å². The molecule has 0 amide bonds. The fourth-order valence-corrected chi connectivity index (χ4v) is 3.22. The smallest absolute Gasteiger partial charge is 0.156 e. The molecule has 2 aromatic heterocycles. The van der Waals surface area contributed by atoms with Crippen molar-refractivity contribution in [1.29, 1.82) is 0 Å². The minimum absolute atomic E-state index is 0.607. The third-order valence-electron chi connectivity index (χ3n) is 3.98. The van der Waals surface area contributed by atoms with E-state index in [-0.39, 0.29) is 0 Å². The van der Waals surface area contributed by atoms with Gasteiger partial charge in [0, 0.05) is 37.7 Å². The molecule has 106 valence electrons. The molecule has 4 rings (SSSR count). The summed E-state index contributed by atoms with van der Waals surface area (Å²) in [5.41, 5.74) is 4.45. The van der Waals surface area contributed by atoms with Gasteiger partial charge in [0.15, 0.2) is 5.65 Å². The second-order valence-corrected chi connectivity index (χ2v) is 5.73. The maximum atomic E-state index is 6.37. The number of aromatic nitrogens is 3. The van der Waals surface area contributed by atoms with Crippen LogP contribution in [0.25, 0.3) is 5.65 Å². The lowest BCUT2D eigenvalue weighted by atomic mass is 10.1. The van der Waals surface area contributed by atoms with Crippen molar-refractivity contribution in [3.8, 4) is 0 Å². The highest BCUT2D eigenvalue weighted by Crippen LogP contribution is 2.26. The second-order valence-electron chi connectivity index (χ2n) is 5.38. The van der Waals surface area contributed by atoms with Gasteiger partial charge in [-0.05, 0) is 5.56 Å². The molecule has 0 saturated heterocycles. The standard InChI is InChI=1S/C16H15ClN4/c17-16-13-11-20(10-12-4-2-1-3-5-12)9-7-14(13)21-15(19-16)6-8-18-21/h1-6,8H,7,9-11H2. The van der Waals surface area contributed by atoms with E-state index in [1.807, 2.05) is 16.6 Å². The molecular weight excluding hydrogens is 284 g/mol. The van der Waals surface area contributed by atoms with E-state index in [1.165, 1.54) is 11.3 Å².